The van der Waals surface area contributed by atoms with E-state index in [4.69, 9.17) is 0 Å². The van der Waals surface area contributed by atoms with Gasteiger partial charge in [-0.1, -0.05) is 0 Å². The summed E-state index contributed by atoms with van der Waals surface area (Å²) in [5.74, 6) is 0.236. The standard InChI is InChI=1S/C11H19N5O2/c1-14-6-4-5-8(14)7-12-9-10(17)15(2)11(18)16(3)13-9/h8H,4-7H2,1-3H3,(H,12,13). The average molecular weight is 253 g/mol. The van der Waals surface area contributed by atoms with Gasteiger partial charge in [0.05, 0.1) is 0 Å². The summed E-state index contributed by atoms with van der Waals surface area (Å²) in [7, 11) is 5.07. The van der Waals surface area contributed by atoms with Gasteiger partial charge in [-0.25, -0.2) is 9.48 Å². The molecular formula is C11H19N5O2. The normalized spacial score (nSPS) is 20.3. The number of likely N-dealkylation sites (tertiary alicyclic amines) is 1. The maximum Gasteiger partial charge on any atom is 0.346 e. The summed E-state index contributed by atoms with van der Waals surface area (Å²) >= 11 is 0. The highest BCUT2D eigenvalue weighted by Gasteiger charge is 2.21. The van der Waals surface area contributed by atoms with Crippen LogP contribution in [0.5, 0.6) is 0 Å². The fraction of sp³-hybridized carbons (Fsp3) is 0.727. The van der Waals surface area contributed by atoms with Crippen molar-refractivity contribution in [1.29, 1.82) is 0 Å². The Bertz CT molecular complexity index is 547. The van der Waals surface area contributed by atoms with Gasteiger partial charge in [-0.2, -0.15) is 0 Å². The van der Waals surface area contributed by atoms with Crippen molar-refractivity contribution in [2.45, 2.75) is 18.9 Å². The van der Waals surface area contributed by atoms with Crippen LogP contribution in [0.25, 0.3) is 0 Å². The second-order valence-electron chi connectivity index (χ2n) is 4.78. The van der Waals surface area contributed by atoms with Crippen LogP contribution in [0.3, 0.4) is 0 Å². The molecule has 0 bridgehead atoms. The van der Waals surface area contributed by atoms with Crippen molar-refractivity contribution in [2.24, 2.45) is 14.1 Å². The predicted molar refractivity (Wildman–Crippen MR) is 68.9 cm³/mol. The molecule has 100 valence electrons. The summed E-state index contributed by atoms with van der Waals surface area (Å²) in [4.78, 5) is 25.6. The van der Waals surface area contributed by atoms with E-state index in [0.29, 0.717) is 12.6 Å². The van der Waals surface area contributed by atoms with Crippen LogP contribution in [-0.2, 0) is 14.1 Å². The third kappa shape index (κ3) is 2.31. The Hall–Kier alpha value is -1.63. The molecule has 1 fully saturated rings. The predicted octanol–water partition coefficient (Wildman–Crippen LogP) is -1.01. The van der Waals surface area contributed by atoms with Crippen LogP contribution in [0.1, 0.15) is 12.8 Å². The maximum atomic E-state index is 11.8. The minimum absolute atomic E-state index is 0.236. The minimum Gasteiger partial charge on any atom is -0.362 e. The molecule has 18 heavy (non-hydrogen) atoms. The van der Waals surface area contributed by atoms with Gasteiger partial charge in [-0.3, -0.25) is 9.36 Å². The Balaban J connectivity index is 2.15. The van der Waals surface area contributed by atoms with Gasteiger partial charge in [0.1, 0.15) is 0 Å². The molecule has 0 aliphatic carbocycles. The SMILES string of the molecule is CN1CCCC1CNc1nn(C)c(=O)n(C)c1=O. The Morgan fingerprint density at radius 3 is 2.67 bits per heavy atom. The highest BCUT2D eigenvalue weighted by molar-refractivity contribution is 5.29. The smallest absolute Gasteiger partial charge is 0.346 e. The van der Waals surface area contributed by atoms with Gasteiger partial charge in [-0.05, 0) is 26.4 Å². The molecule has 1 aliphatic rings. The number of rotatable bonds is 3. The van der Waals surface area contributed by atoms with Crippen LogP contribution in [0.4, 0.5) is 5.82 Å². The van der Waals surface area contributed by atoms with Crippen molar-refractivity contribution in [2.75, 3.05) is 25.5 Å². The first-order valence-electron chi connectivity index (χ1n) is 6.09. The largest absolute Gasteiger partial charge is 0.362 e. The van der Waals surface area contributed by atoms with E-state index >= 15 is 0 Å². The number of hydrogen-bond donors (Lipinski definition) is 1. The van der Waals surface area contributed by atoms with Crippen molar-refractivity contribution in [3.8, 4) is 0 Å². The van der Waals surface area contributed by atoms with Gasteiger partial charge in [0.2, 0.25) is 5.82 Å². The van der Waals surface area contributed by atoms with Crippen molar-refractivity contribution in [3.05, 3.63) is 20.8 Å². The van der Waals surface area contributed by atoms with E-state index in [-0.39, 0.29) is 11.4 Å². The van der Waals surface area contributed by atoms with Gasteiger partial charge in [0.25, 0.3) is 5.56 Å². The number of nitrogens with one attached hydrogen (secondary N) is 1. The minimum atomic E-state index is -0.413. The molecule has 7 heteroatoms. The summed E-state index contributed by atoms with van der Waals surface area (Å²) < 4.78 is 2.23. The van der Waals surface area contributed by atoms with Crippen LogP contribution >= 0.6 is 0 Å². The second kappa shape index (κ2) is 4.93. The summed E-state index contributed by atoms with van der Waals surface area (Å²) in [6.07, 6.45) is 2.30. The van der Waals surface area contributed by atoms with Gasteiger partial charge < -0.3 is 10.2 Å². The van der Waals surface area contributed by atoms with Gasteiger partial charge >= 0.3 is 5.69 Å². The van der Waals surface area contributed by atoms with Crippen LogP contribution in [-0.4, -0.2) is 45.4 Å². The quantitative estimate of drug-likeness (QED) is 0.747. The molecule has 0 radical (unpaired) electrons. The maximum absolute atomic E-state index is 11.8. The zero-order chi connectivity index (χ0) is 13.3. The molecule has 0 spiro atoms. The number of hydrogen-bond acceptors (Lipinski definition) is 5. The van der Waals surface area contributed by atoms with Crippen LogP contribution < -0.4 is 16.6 Å². The van der Waals surface area contributed by atoms with Crippen molar-refractivity contribution in [3.63, 3.8) is 0 Å². The molecule has 1 aromatic rings. The lowest BCUT2D eigenvalue weighted by atomic mass is 10.2. The van der Waals surface area contributed by atoms with E-state index in [1.54, 1.807) is 0 Å². The van der Waals surface area contributed by atoms with Crippen LogP contribution in [0, 0.1) is 0 Å². The molecule has 1 saturated heterocycles. The first-order chi connectivity index (χ1) is 8.50. The molecule has 0 saturated carbocycles. The number of aromatic nitrogens is 3. The number of anilines is 1. The summed E-state index contributed by atoms with van der Waals surface area (Å²) in [6, 6.07) is 0.425. The average Bonchev–Trinajstić information content (AvgIpc) is 2.75. The van der Waals surface area contributed by atoms with Crippen molar-refractivity contribution >= 4 is 5.82 Å². The molecule has 1 atom stereocenters. The third-order valence-corrected chi connectivity index (χ3v) is 3.50. The molecule has 0 amide bonds. The van der Waals surface area contributed by atoms with Crippen molar-refractivity contribution < 1.29 is 0 Å². The lowest BCUT2D eigenvalue weighted by molar-refractivity contribution is 0.322. The van der Waals surface area contributed by atoms with E-state index in [9.17, 15) is 9.59 Å². The zero-order valence-corrected chi connectivity index (χ0v) is 11.0. The Kier molecular flexibility index (Phi) is 3.51. The fourth-order valence-corrected chi connectivity index (χ4v) is 2.26. The Labute approximate surface area is 105 Å². The lowest BCUT2D eigenvalue weighted by Crippen LogP contribution is -2.41. The first kappa shape index (κ1) is 12.8. The summed E-state index contributed by atoms with van der Waals surface area (Å²) in [5.41, 5.74) is -0.790. The molecule has 1 N–H and O–H groups in total. The van der Waals surface area contributed by atoms with Crippen molar-refractivity contribution in [1.82, 2.24) is 19.2 Å². The Morgan fingerprint density at radius 2 is 2.06 bits per heavy atom. The molecule has 7 nitrogen and oxygen atoms in total. The molecule has 1 aromatic heterocycles. The van der Waals surface area contributed by atoms with Gasteiger partial charge in [0.15, 0.2) is 0 Å². The topological polar surface area (TPSA) is 72.2 Å². The molecule has 1 unspecified atom stereocenters. The van der Waals surface area contributed by atoms with Gasteiger partial charge in [-0.15, -0.1) is 5.10 Å². The van der Waals surface area contributed by atoms with E-state index in [0.717, 1.165) is 17.5 Å². The molecular weight excluding hydrogens is 234 g/mol. The molecule has 0 aromatic carbocycles. The fourth-order valence-electron chi connectivity index (χ4n) is 2.26. The molecule has 2 heterocycles. The highest BCUT2D eigenvalue weighted by atomic mass is 16.2. The van der Waals surface area contributed by atoms with E-state index in [2.05, 4.69) is 22.4 Å². The Morgan fingerprint density at radius 1 is 1.33 bits per heavy atom. The first-order valence-corrected chi connectivity index (χ1v) is 6.09. The zero-order valence-electron chi connectivity index (χ0n) is 11.0. The summed E-state index contributed by atoms with van der Waals surface area (Å²) in [6.45, 7) is 1.77. The van der Waals surface area contributed by atoms with E-state index < -0.39 is 5.69 Å². The van der Waals surface area contributed by atoms with Gasteiger partial charge in [0, 0.05) is 26.7 Å². The van der Waals surface area contributed by atoms with E-state index in [1.807, 2.05) is 0 Å². The number of aryl methyl sites for hydroxylation is 1. The number of nitrogens with zero attached hydrogens (tertiary/aromatic N) is 4. The molecule has 2 rings (SSSR count). The second-order valence-corrected chi connectivity index (χ2v) is 4.78. The monoisotopic (exact) mass is 253 g/mol. The highest BCUT2D eigenvalue weighted by Crippen LogP contribution is 2.14. The van der Waals surface area contributed by atoms with Crippen LogP contribution in [0.2, 0.25) is 0 Å². The molecule has 1 aliphatic heterocycles. The lowest BCUT2D eigenvalue weighted by Gasteiger charge is -2.19. The van der Waals surface area contributed by atoms with E-state index in [1.165, 1.54) is 25.2 Å². The van der Waals surface area contributed by atoms with Crippen LogP contribution in [0.15, 0.2) is 9.59 Å². The number of likely N-dealkylation sites (N-methyl/N-ethyl adjacent to an activating group) is 1. The summed E-state index contributed by atoms with van der Waals surface area (Å²) in [5, 5.41) is 7.01. The third-order valence-electron chi connectivity index (χ3n) is 3.50.